The monoisotopic (exact) mass is 308 g/mol. The van der Waals surface area contributed by atoms with Crippen molar-refractivity contribution in [3.05, 3.63) is 29.6 Å². The molecule has 4 heteroatoms. The summed E-state index contributed by atoms with van der Waals surface area (Å²) < 4.78 is 7.52. The first-order valence-corrected chi connectivity index (χ1v) is 7.88. The number of benzene rings is 1. The number of halogens is 1. The van der Waals surface area contributed by atoms with E-state index in [0.717, 1.165) is 30.9 Å². The molecule has 0 aliphatic carbocycles. The molecule has 2 aromatic rings. The van der Waals surface area contributed by atoms with Gasteiger partial charge in [-0.15, -0.1) is 11.6 Å². The van der Waals surface area contributed by atoms with Gasteiger partial charge in [-0.25, -0.2) is 4.98 Å². The number of aromatic nitrogens is 2. The number of methoxy groups -OCH3 is 1. The van der Waals surface area contributed by atoms with Crippen LogP contribution in [0, 0.1) is 12.3 Å². The van der Waals surface area contributed by atoms with E-state index in [1.54, 1.807) is 7.11 Å². The van der Waals surface area contributed by atoms with Crippen LogP contribution in [0.5, 0.6) is 0 Å². The fraction of sp³-hybridized carbons (Fsp3) is 0.588. The van der Waals surface area contributed by atoms with E-state index in [0.29, 0.717) is 0 Å². The highest BCUT2D eigenvalue weighted by molar-refractivity contribution is 6.20. The van der Waals surface area contributed by atoms with E-state index >= 15 is 0 Å². The lowest BCUT2D eigenvalue weighted by molar-refractivity contribution is 0.142. The van der Waals surface area contributed by atoms with Gasteiger partial charge >= 0.3 is 0 Å². The maximum Gasteiger partial charge on any atom is 0.127 e. The molecular formula is C17H25ClN2O. The van der Waals surface area contributed by atoms with E-state index in [-0.39, 0.29) is 10.8 Å². The van der Waals surface area contributed by atoms with E-state index < -0.39 is 0 Å². The molecule has 21 heavy (non-hydrogen) atoms. The van der Waals surface area contributed by atoms with Gasteiger partial charge in [-0.1, -0.05) is 26.0 Å². The molecular weight excluding hydrogens is 284 g/mol. The van der Waals surface area contributed by atoms with E-state index in [4.69, 9.17) is 21.3 Å². The maximum atomic E-state index is 6.36. The van der Waals surface area contributed by atoms with E-state index in [9.17, 15) is 0 Å². The van der Waals surface area contributed by atoms with Crippen LogP contribution < -0.4 is 0 Å². The van der Waals surface area contributed by atoms with Gasteiger partial charge in [-0.3, -0.25) is 0 Å². The molecule has 1 aromatic carbocycles. The topological polar surface area (TPSA) is 27.1 Å². The first-order chi connectivity index (χ1) is 9.85. The first kappa shape index (κ1) is 16.3. The van der Waals surface area contributed by atoms with Crippen molar-refractivity contribution in [1.82, 2.24) is 9.55 Å². The second-order valence-electron chi connectivity index (χ2n) is 6.52. The molecule has 0 fully saturated rings. The van der Waals surface area contributed by atoms with Crippen LogP contribution in [0.15, 0.2) is 18.2 Å². The van der Waals surface area contributed by atoms with Crippen molar-refractivity contribution in [2.45, 2.75) is 46.0 Å². The molecule has 0 saturated carbocycles. The van der Waals surface area contributed by atoms with E-state index in [1.165, 1.54) is 11.1 Å². The van der Waals surface area contributed by atoms with Crippen LogP contribution in [-0.2, 0) is 11.3 Å². The third-order valence-electron chi connectivity index (χ3n) is 3.92. The minimum Gasteiger partial charge on any atom is -0.385 e. The van der Waals surface area contributed by atoms with Gasteiger partial charge < -0.3 is 9.30 Å². The quantitative estimate of drug-likeness (QED) is 0.723. The van der Waals surface area contributed by atoms with Gasteiger partial charge in [0.05, 0.1) is 16.4 Å². The summed E-state index contributed by atoms with van der Waals surface area (Å²) in [4.78, 5) is 4.74. The van der Waals surface area contributed by atoms with Crippen molar-refractivity contribution in [3.63, 3.8) is 0 Å². The Kier molecular flexibility index (Phi) is 4.95. The van der Waals surface area contributed by atoms with Crippen LogP contribution in [0.3, 0.4) is 0 Å². The number of imidazole rings is 1. The van der Waals surface area contributed by atoms with Crippen molar-refractivity contribution in [1.29, 1.82) is 0 Å². The first-order valence-electron chi connectivity index (χ1n) is 7.44. The highest BCUT2D eigenvalue weighted by Gasteiger charge is 2.24. The number of fused-ring (bicyclic) bond motifs is 1. The highest BCUT2D eigenvalue weighted by atomic mass is 35.5. The van der Waals surface area contributed by atoms with Gasteiger partial charge in [0.25, 0.3) is 0 Å². The van der Waals surface area contributed by atoms with E-state index in [2.05, 4.69) is 37.5 Å². The number of ether oxygens (including phenoxy) is 1. The van der Waals surface area contributed by atoms with Crippen LogP contribution in [0.1, 0.15) is 44.0 Å². The Morgan fingerprint density at radius 2 is 2.10 bits per heavy atom. The predicted octanol–water partition coefficient (Wildman–Crippen LogP) is 4.71. The molecule has 0 saturated heterocycles. The van der Waals surface area contributed by atoms with Crippen molar-refractivity contribution < 1.29 is 4.74 Å². The van der Waals surface area contributed by atoms with Crippen LogP contribution in [0.2, 0.25) is 0 Å². The molecule has 0 N–H and O–H groups in total. The molecule has 1 aromatic heterocycles. The average Bonchev–Trinajstić information content (AvgIpc) is 2.76. The summed E-state index contributed by atoms with van der Waals surface area (Å²) in [5.41, 5.74) is 3.60. The fourth-order valence-corrected chi connectivity index (χ4v) is 2.90. The number of alkyl halides is 1. The minimum absolute atomic E-state index is 0.102. The van der Waals surface area contributed by atoms with Crippen molar-refractivity contribution in [2.24, 2.45) is 5.41 Å². The van der Waals surface area contributed by atoms with Crippen LogP contribution in [0.4, 0.5) is 0 Å². The fourth-order valence-electron chi connectivity index (χ4n) is 2.73. The molecule has 2 rings (SSSR count). The number of aryl methyl sites for hydroxylation is 1. The normalized spacial score (nSPS) is 13.8. The molecule has 0 spiro atoms. The zero-order valence-corrected chi connectivity index (χ0v) is 14.4. The highest BCUT2D eigenvalue weighted by Crippen LogP contribution is 2.31. The average molecular weight is 309 g/mol. The predicted molar refractivity (Wildman–Crippen MR) is 89.0 cm³/mol. The maximum absolute atomic E-state index is 6.36. The lowest BCUT2D eigenvalue weighted by Gasteiger charge is -2.27. The molecule has 116 valence electrons. The van der Waals surface area contributed by atoms with Gasteiger partial charge in [0, 0.05) is 20.3 Å². The summed E-state index contributed by atoms with van der Waals surface area (Å²) in [6, 6.07) is 6.24. The Balaban J connectivity index is 2.48. The summed E-state index contributed by atoms with van der Waals surface area (Å²) in [6.07, 6.45) is 1.01. The van der Waals surface area contributed by atoms with Crippen LogP contribution in [-0.4, -0.2) is 23.3 Å². The number of nitrogens with zero attached hydrogens (tertiary/aromatic N) is 2. The number of hydrogen-bond acceptors (Lipinski definition) is 2. The molecule has 1 atom stereocenters. The Labute approximate surface area is 132 Å². The van der Waals surface area contributed by atoms with E-state index in [1.807, 2.05) is 13.0 Å². The van der Waals surface area contributed by atoms with Gasteiger partial charge in [0.1, 0.15) is 5.82 Å². The summed E-state index contributed by atoms with van der Waals surface area (Å²) in [6.45, 7) is 10.3. The lowest BCUT2D eigenvalue weighted by Crippen LogP contribution is -2.23. The van der Waals surface area contributed by atoms with Crippen molar-refractivity contribution in [2.75, 3.05) is 13.7 Å². The van der Waals surface area contributed by atoms with Crippen LogP contribution in [0.25, 0.3) is 11.0 Å². The molecule has 3 nitrogen and oxygen atoms in total. The lowest BCUT2D eigenvalue weighted by atomic mass is 9.89. The molecule has 1 unspecified atom stereocenters. The Hall–Kier alpha value is -1.06. The van der Waals surface area contributed by atoms with Crippen molar-refractivity contribution in [3.8, 4) is 0 Å². The summed E-state index contributed by atoms with van der Waals surface area (Å²) in [7, 11) is 1.75. The van der Waals surface area contributed by atoms with Gasteiger partial charge in [0.15, 0.2) is 0 Å². The number of rotatable bonds is 6. The molecule has 0 amide bonds. The minimum atomic E-state index is -0.102. The molecule has 0 aliphatic rings. The Morgan fingerprint density at radius 3 is 2.71 bits per heavy atom. The van der Waals surface area contributed by atoms with Crippen molar-refractivity contribution >= 4 is 22.6 Å². The summed E-state index contributed by atoms with van der Waals surface area (Å²) >= 11 is 6.36. The smallest absolute Gasteiger partial charge is 0.127 e. The third-order valence-corrected chi connectivity index (χ3v) is 4.12. The van der Waals surface area contributed by atoms with Gasteiger partial charge in [-0.2, -0.15) is 0 Å². The number of para-hydroxylation sites is 1. The second-order valence-corrected chi connectivity index (χ2v) is 7.18. The zero-order chi connectivity index (χ0) is 15.6. The zero-order valence-electron chi connectivity index (χ0n) is 13.6. The summed E-state index contributed by atoms with van der Waals surface area (Å²) in [5.74, 6) is 0.950. The largest absolute Gasteiger partial charge is 0.385 e. The SMILES string of the molecule is COCCC(C)(C)Cn1c(C(C)Cl)nc2cccc(C)c21. The standard InChI is InChI=1S/C17H25ClN2O/c1-12-7-6-8-14-15(12)20(16(19-14)13(2)18)11-17(3,4)9-10-21-5/h6-8,13H,9-11H2,1-5H3. The second kappa shape index (κ2) is 6.37. The molecule has 1 heterocycles. The van der Waals surface area contributed by atoms with Gasteiger partial charge in [0.2, 0.25) is 0 Å². The molecule has 0 radical (unpaired) electrons. The Bertz CT molecular complexity index is 617. The Morgan fingerprint density at radius 1 is 1.38 bits per heavy atom. The molecule has 0 bridgehead atoms. The molecule has 0 aliphatic heterocycles. The third kappa shape index (κ3) is 3.58. The number of hydrogen-bond donors (Lipinski definition) is 0. The summed E-state index contributed by atoms with van der Waals surface area (Å²) in [5, 5.41) is -0.102. The van der Waals surface area contributed by atoms with Crippen LogP contribution >= 0.6 is 11.6 Å². The van der Waals surface area contributed by atoms with Gasteiger partial charge in [-0.05, 0) is 37.3 Å².